The average molecular weight is 566 g/mol. The highest BCUT2D eigenvalue weighted by Gasteiger charge is 2.34. The first-order valence-electron chi connectivity index (χ1n) is 13.6. The molecule has 2 N–H and O–H groups in total. The molecule has 41 heavy (non-hydrogen) atoms. The Balaban J connectivity index is 1.30. The van der Waals surface area contributed by atoms with Crippen LogP contribution in [0.15, 0.2) is 54.9 Å². The number of anilines is 1. The topological polar surface area (TPSA) is 73.5 Å². The molecule has 1 fully saturated rings. The lowest BCUT2D eigenvalue weighted by molar-refractivity contribution is -0.138. The number of carbonyl (C=O) groups excluding carboxylic acids is 1. The summed E-state index contributed by atoms with van der Waals surface area (Å²) in [5.41, 5.74) is 3.61. The Kier molecular flexibility index (Phi) is 8.32. The molecule has 2 aromatic heterocycles. The molecule has 5 rings (SSSR count). The number of alkyl halides is 3. The Labute approximate surface area is 237 Å². The minimum atomic E-state index is -4.50. The van der Waals surface area contributed by atoms with E-state index in [-0.39, 0.29) is 24.3 Å². The summed E-state index contributed by atoms with van der Waals surface area (Å²) >= 11 is 0. The number of likely N-dealkylation sites (N-methyl/N-ethyl adjacent to an activating group) is 1. The van der Waals surface area contributed by atoms with Gasteiger partial charge < -0.3 is 19.9 Å². The molecule has 0 aliphatic carbocycles. The van der Waals surface area contributed by atoms with Crippen LogP contribution in [0.4, 0.5) is 18.9 Å². The van der Waals surface area contributed by atoms with Crippen molar-refractivity contribution in [2.24, 2.45) is 0 Å². The second kappa shape index (κ2) is 11.9. The zero-order valence-electron chi connectivity index (χ0n) is 23.4. The van der Waals surface area contributed by atoms with Crippen LogP contribution in [-0.2, 0) is 25.7 Å². The number of aromatic amines is 1. The summed E-state index contributed by atoms with van der Waals surface area (Å²) in [6.07, 6.45) is -1.08. The highest BCUT2D eigenvalue weighted by Crippen LogP contribution is 2.34. The molecule has 0 unspecified atom stereocenters. The number of hydrogen-bond acceptors (Lipinski definition) is 6. The number of methoxy groups -OCH3 is 1. The highest BCUT2D eigenvalue weighted by atomic mass is 19.4. The number of ether oxygens (including phenoxy) is 1. The maximum atomic E-state index is 14.0. The summed E-state index contributed by atoms with van der Waals surface area (Å²) in [5, 5.41) is 4.23. The van der Waals surface area contributed by atoms with Gasteiger partial charge in [-0.25, -0.2) is 4.98 Å². The van der Waals surface area contributed by atoms with Gasteiger partial charge in [-0.15, -0.1) is 0 Å². The van der Waals surface area contributed by atoms with Crippen molar-refractivity contribution in [3.05, 3.63) is 88.2 Å². The van der Waals surface area contributed by atoms with Crippen LogP contribution >= 0.6 is 0 Å². The van der Waals surface area contributed by atoms with Gasteiger partial charge in [0.05, 0.1) is 18.1 Å². The second-order valence-electron chi connectivity index (χ2n) is 10.6. The summed E-state index contributed by atoms with van der Waals surface area (Å²) in [6, 6.07) is 11.5. The van der Waals surface area contributed by atoms with Crippen molar-refractivity contribution in [1.29, 1.82) is 0 Å². The van der Waals surface area contributed by atoms with Gasteiger partial charge in [0.15, 0.2) is 5.78 Å². The van der Waals surface area contributed by atoms with Gasteiger partial charge in [-0.05, 0) is 48.9 Å². The van der Waals surface area contributed by atoms with Gasteiger partial charge in [-0.1, -0.05) is 24.3 Å². The number of rotatable bonds is 9. The number of Topliss-reactive ketones (excluding diaryl/α,β-unsaturated/α-hetero) is 1. The first kappa shape index (κ1) is 28.6. The predicted molar refractivity (Wildman–Crippen MR) is 153 cm³/mol. The van der Waals surface area contributed by atoms with E-state index in [9.17, 15) is 18.0 Å². The van der Waals surface area contributed by atoms with E-state index >= 15 is 0 Å². The molecular weight excluding hydrogens is 531 g/mol. The van der Waals surface area contributed by atoms with Crippen molar-refractivity contribution in [2.75, 3.05) is 45.7 Å². The van der Waals surface area contributed by atoms with Crippen LogP contribution in [0.5, 0.6) is 5.75 Å². The number of ketones is 1. The number of hydrogen-bond donors (Lipinski definition) is 2. The van der Waals surface area contributed by atoms with Gasteiger partial charge in [0.2, 0.25) is 0 Å². The summed E-state index contributed by atoms with van der Waals surface area (Å²) < 4.78 is 47.7. The molecule has 0 bridgehead atoms. The number of nitrogens with one attached hydrogen (secondary N) is 2. The second-order valence-corrected chi connectivity index (χ2v) is 10.6. The SMILES string of the molecule is COc1c(CNc2cc(C(=O)Cc3ccc(CN4CCN(C)CC4)c(C(F)(F)F)c3)ccc2C)cnc2[nH]ccc12. The summed E-state index contributed by atoms with van der Waals surface area (Å²) in [4.78, 5) is 24.9. The van der Waals surface area contributed by atoms with Crippen LogP contribution in [0, 0.1) is 6.92 Å². The number of H-pyrrole nitrogens is 1. The minimum Gasteiger partial charge on any atom is -0.496 e. The molecule has 3 heterocycles. The first-order chi connectivity index (χ1) is 19.6. The Morgan fingerprint density at radius 1 is 1.07 bits per heavy atom. The molecular formula is C31H34F3N5O2. The molecule has 7 nitrogen and oxygen atoms in total. The Morgan fingerprint density at radius 2 is 1.85 bits per heavy atom. The molecule has 0 spiro atoms. The predicted octanol–water partition coefficient (Wildman–Crippen LogP) is 5.68. The molecule has 0 radical (unpaired) electrons. The number of nitrogens with zero attached hydrogens (tertiary/aromatic N) is 3. The lowest BCUT2D eigenvalue weighted by Crippen LogP contribution is -2.44. The van der Waals surface area contributed by atoms with E-state index < -0.39 is 11.7 Å². The third-order valence-corrected chi connectivity index (χ3v) is 7.68. The highest BCUT2D eigenvalue weighted by molar-refractivity contribution is 5.98. The van der Waals surface area contributed by atoms with Crippen molar-refractivity contribution >= 4 is 22.5 Å². The maximum absolute atomic E-state index is 14.0. The monoisotopic (exact) mass is 565 g/mol. The molecule has 4 aromatic rings. The van der Waals surface area contributed by atoms with E-state index in [2.05, 4.69) is 20.2 Å². The fourth-order valence-electron chi connectivity index (χ4n) is 5.24. The Bertz CT molecular complexity index is 1540. The van der Waals surface area contributed by atoms with E-state index in [1.165, 1.54) is 6.07 Å². The standard InChI is InChI=1S/C31H34F3N5O2/c1-20-4-6-22(16-27(20)36-17-24-18-37-30-25(8-9-35-30)29(24)41-3)28(40)15-21-5-7-23(26(14-21)31(32,33)34)19-39-12-10-38(2)11-13-39/h4-9,14,16,18,36H,10-13,15,17,19H2,1-3H3,(H,35,37). The van der Waals surface area contributed by atoms with Crippen LogP contribution in [0.1, 0.15) is 38.2 Å². The van der Waals surface area contributed by atoms with Crippen molar-refractivity contribution in [3.63, 3.8) is 0 Å². The smallest absolute Gasteiger partial charge is 0.416 e. The average Bonchev–Trinajstić information content (AvgIpc) is 3.43. The van der Waals surface area contributed by atoms with Crippen molar-refractivity contribution < 1.29 is 22.7 Å². The van der Waals surface area contributed by atoms with Gasteiger partial charge >= 0.3 is 6.18 Å². The van der Waals surface area contributed by atoms with Crippen LogP contribution < -0.4 is 10.1 Å². The summed E-state index contributed by atoms with van der Waals surface area (Å²) in [7, 11) is 3.62. The third-order valence-electron chi connectivity index (χ3n) is 7.68. The van der Waals surface area contributed by atoms with Crippen molar-refractivity contribution in [2.45, 2.75) is 32.6 Å². The Morgan fingerprint density at radius 3 is 2.59 bits per heavy atom. The van der Waals surface area contributed by atoms with E-state index in [4.69, 9.17) is 4.74 Å². The molecule has 0 amide bonds. The van der Waals surface area contributed by atoms with E-state index in [0.29, 0.717) is 23.4 Å². The molecule has 1 saturated heterocycles. The van der Waals surface area contributed by atoms with Crippen molar-refractivity contribution in [1.82, 2.24) is 19.8 Å². The zero-order chi connectivity index (χ0) is 29.1. The first-order valence-corrected chi connectivity index (χ1v) is 13.6. The number of benzene rings is 2. The number of piperazine rings is 1. The maximum Gasteiger partial charge on any atom is 0.416 e. The number of halogens is 3. The number of aryl methyl sites for hydroxylation is 1. The van der Waals surface area contributed by atoms with E-state index in [1.807, 2.05) is 31.0 Å². The molecule has 0 atom stereocenters. The van der Waals surface area contributed by atoms with E-state index in [1.54, 1.807) is 37.7 Å². The van der Waals surface area contributed by atoms with Crippen LogP contribution in [-0.4, -0.2) is 65.9 Å². The van der Waals surface area contributed by atoms with Crippen LogP contribution in [0.2, 0.25) is 0 Å². The molecule has 2 aromatic carbocycles. The molecule has 1 aliphatic heterocycles. The summed E-state index contributed by atoms with van der Waals surface area (Å²) in [5.74, 6) is 0.464. The van der Waals surface area contributed by atoms with Gasteiger partial charge in [-0.3, -0.25) is 9.69 Å². The normalized spacial score (nSPS) is 14.9. The van der Waals surface area contributed by atoms with E-state index in [0.717, 1.165) is 60.1 Å². The number of pyridine rings is 1. The quantitative estimate of drug-likeness (QED) is 0.254. The number of carbonyl (C=O) groups is 1. The fourth-order valence-corrected chi connectivity index (χ4v) is 5.24. The van der Waals surface area contributed by atoms with Gasteiger partial charge in [0, 0.05) is 74.9 Å². The summed E-state index contributed by atoms with van der Waals surface area (Å²) in [6.45, 7) is 5.68. The molecule has 1 aliphatic rings. The zero-order valence-corrected chi connectivity index (χ0v) is 23.4. The molecule has 0 saturated carbocycles. The molecule has 10 heteroatoms. The van der Waals surface area contributed by atoms with Gasteiger partial charge in [0.1, 0.15) is 11.4 Å². The largest absolute Gasteiger partial charge is 0.496 e. The minimum absolute atomic E-state index is 0.123. The lowest BCUT2D eigenvalue weighted by atomic mass is 9.97. The van der Waals surface area contributed by atoms with Crippen molar-refractivity contribution in [3.8, 4) is 5.75 Å². The van der Waals surface area contributed by atoms with Crippen LogP contribution in [0.25, 0.3) is 11.0 Å². The third kappa shape index (κ3) is 6.55. The lowest BCUT2D eigenvalue weighted by Gasteiger charge is -2.33. The number of aromatic nitrogens is 2. The van der Waals surface area contributed by atoms with Crippen LogP contribution in [0.3, 0.4) is 0 Å². The fraction of sp³-hybridized carbons (Fsp3) is 0.355. The Hall–Kier alpha value is -3.89. The van der Waals surface area contributed by atoms with Gasteiger partial charge in [-0.2, -0.15) is 13.2 Å². The van der Waals surface area contributed by atoms with Gasteiger partial charge in [0.25, 0.3) is 0 Å². The molecule has 216 valence electrons. The number of fused-ring (bicyclic) bond motifs is 1.